The Morgan fingerprint density at radius 1 is 0.893 bits per heavy atom. The van der Waals surface area contributed by atoms with E-state index in [-0.39, 0.29) is 5.91 Å². The molecule has 6 heteroatoms. The zero-order valence-corrected chi connectivity index (χ0v) is 16.6. The summed E-state index contributed by atoms with van der Waals surface area (Å²) in [7, 11) is 0. The van der Waals surface area contributed by atoms with E-state index in [4.69, 9.17) is 11.6 Å². The molecule has 28 heavy (non-hydrogen) atoms. The summed E-state index contributed by atoms with van der Waals surface area (Å²) in [6.45, 7) is 1.49. The van der Waals surface area contributed by atoms with Crippen molar-refractivity contribution in [3.63, 3.8) is 0 Å². The highest BCUT2D eigenvalue weighted by Crippen LogP contribution is 2.35. The molecule has 3 aromatic carbocycles. The number of hydrogen-bond donors (Lipinski definition) is 1. The Balaban J connectivity index is 1.70. The molecule has 0 aliphatic carbocycles. The quantitative estimate of drug-likeness (QED) is 0.448. The fourth-order valence-electron chi connectivity index (χ4n) is 2.90. The third kappa shape index (κ3) is 4.01. The van der Waals surface area contributed by atoms with Crippen LogP contribution in [0, 0.1) is 0 Å². The predicted octanol–water partition coefficient (Wildman–Crippen LogP) is 6.06. The van der Waals surface area contributed by atoms with Crippen molar-refractivity contribution in [3.8, 4) is 11.3 Å². The number of hydrogen-bond acceptors (Lipinski definition) is 4. The molecule has 138 valence electrons. The zero-order valence-electron chi connectivity index (χ0n) is 15.0. The standard InChI is InChI=1S/C22H16ClN3OS/c1-14(27)24-17-10-12-18(13-11-17)28-22-20-5-3-2-4-19(20)21(25-26-22)15-6-8-16(23)9-7-15/h2-13H,1H3,(H,24,27). The lowest BCUT2D eigenvalue weighted by atomic mass is 10.1. The van der Waals surface area contributed by atoms with Gasteiger partial charge in [0.25, 0.3) is 0 Å². The third-order valence-corrected chi connectivity index (χ3v) is 5.42. The lowest BCUT2D eigenvalue weighted by Gasteiger charge is -2.10. The van der Waals surface area contributed by atoms with E-state index in [0.717, 1.165) is 37.6 Å². The van der Waals surface area contributed by atoms with Crippen LogP contribution in [0.5, 0.6) is 0 Å². The van der Waals surface area contributed by atoms with Crippen LogP contribution in [-0.2, 0) is 4.79 Å². The second-order valence-electron chi connectivity index (χ2n) is 6.21. The Labute approximate surface area is 172 Å². The number of fused-ring (bicyclic) bond motifs is 1. The van der Waals surface area contributed by atoms with Crippen LogP contribution in [0.2, 0.25) is 5.02 Å². The lowest BCUT2D eigenvalue weighted by molar-refractivity contribution is -0.114. The van der Waals surface area contributed by atoms with Crippen LogP contribution in [0.15, 0.2) is 82.7 Å². The fraction of sp³-hybridized carbons (Fsp3) is 0.0455. The monoisotopic (exact) mass is 405 g/mol. The number of halogens is 1. The molecule has 0 unspecified atom stereocenters. The molecule has 0 aliphatic rings. The van der Waals surface area contributed by atoms with E-state index >= 15 is 0 Å². The third-order valence-electron chi connectivity index (χ3n) is 4.16. The molecule has 1 heterocycles. The van der Waals surface area contributed by atoms with E-state index in [1.165, 1.54) is 6.92 Å². The van der Waals surface area contributed by atoms with Crippen LogP contribution in [0.1, 0.15) is 6.92 Å². The van der Waals surface area contributed by atoms with Gasteiger partial charge in [-0.25, -0.2) is 0 Å². The second-order valence-corrected chi connectivity index (χ2v) is 7.71. The van der Waals surface area contributed by atoms with E-state index in [1.54, 1.807) is 11.8 Å². The van der Waals surface area contributed by atoms with Crippen LogP contribution in [0.4, 0.5) is 5.69 Å². The molecule has 0 fully saturated rings. The molecule has 1 aromatic heterocycles. The Morgan fingerprint density at radius 3 is 2.25 bits per heavy atom. The number of carbonyl (C=O) groups is 1. The number of amides is 1. The topological polar surface area (TPSA) is 54.9 Å². The number of aromatic nitrogens is 2. The van der Waals surface area contributed by atoms with Crippen LogP contribution in [-0.4, -0.2) is 16.1 Å². The van der Waals surface area contributed by atoms with Crippen molar-refractivity contribution in [2.45, 2.75) is 16.8 Å². The molecule has 1 N–H and O–H groups in total. The molecule has 0 spiro atoms. The Morgan fingerprint density at radius 2 is 1.57 bits per heavy atom. The molecule has 4 nitrogen and oxygen atoms in total. The van der Waals surface area contributed by atoms with E-state index in [9.17, 15) is 4.79 Å². The number of nitrogens with one attached hydrogen (secondary N) is 1. The van der Waals surface area contributed by atoms with Crippen molar-refractivity contribution < 1.29 is 4.79 Å². The van der Waals surface area contributed by atoms with Crippen molar-refractivity contribution in [3.05, 3.63) is 77.8 Å². The van der Waals surface area contributed by atoms with Crippen molar-refractivity contribution in [1.82, 2.24) is 10.2 Å². The SMILES string of the molecule is CC(=O)Nc1ccc(Sc2nnc(-c3ccc(Cl)cc3)c3ccccc23)cc1. The predicted molar refractivity (Wildman–Crippen MR) is 115 cm³/mol. The minimum absolute atomic E-state index is 0.0879. The highest BCUT2D eigenvalue weighted by Gasteiger charge is 2.12. The van der Waals surface area contributed by atoms with Crippen molar-refractivity contribution >= 4 is 45.7 Å². The zero-order chi connectivity index (χ0) is 19.5. The Hall–Kier alpha value is -2.89. The molecule has 0 bridgehead atoms. The minimum Gasteiger partial charge on any atom is -0.326 e. The van der Waals surface area contributed by atoms with Gasteiger partial charge in [0.05, 0.1) is 0 Å². The first kappa shape index (κ1) is 18.5. The molecule has 4 aromatic rings. The van der Waals surface area contributed by atoms with Gasteiger partial charge in [-0.3, -0.25) is 4.79 Å². The maximum atomic E-state index is 11.2. The molecular formula is C22H16ClN3OS. The van der Waals surface area contributed by atoms with Gasteiger partial charge in [0, 0.05) is 38.9 Å². The summed E-state index contributed by atoms with van der Waals surface area (Å²) >= 11 is 7.55. The van der Waals surface area contributed by atoms with Crippen molar-refractivity contribution in [1.29, 1.82) is 0 Å². The second kappa shape index (κ2) is 8.00. The average Bonchev–Trinajstić information content (AvgIpc) is 2.70. The van der Waals surface area contributed by atoms with Gasteiger partial charge in [-0.1, -0.05) is 59.8 Å². The molecule has 0 atom stereocenters. The molecule has 0 saturated carbocycles. The first-order valence-corrected chi connectivity index (χ1v) is 9.86. The minimum atomic E-state index is -0.0879. The molecular weight excluding hydrogens is 390 g/mol. The van der Waals surface area contributed by atoms with Crippen molar-refractivity contribution in [2.75, 3.05) is 5.32 Å². The summed E-state index contributed by atoms with van der Waals surface area (Å²) in [6.07, 6.45) is 0. The number of rotatable bonds is 4. The van der Waals surface area contributed by atoms with E-state index in [1.807, 2.05) is 60.7 Å². The Bertz CT molecular complexity index is 1140. The summed E-state index contributed by atoms with van der Waals surface area (Å²) in [5.74, 6) is -0.0879. The van der Waals surface area contributed by atoms with Gasteiger partial charge >= 0.3 is 0 Å². The average molecular weight is 406 g/mol. The van der Waals surface area contributed by atoms with E-state index in [0.29, 0.717) is 5.02 Å². The smallest absolute Gasteiger partial charge is 0.221 e. The summed E-state index contributed by atoms with van der Waals surface area (Å²) in [5, 5.41) is 15.3. The van der Waals surface area contributed by atoms with Gasteiger partial charge in [-0.05, 0) is 36.4 Å². The Kier molecular flexibility index (Phi) is 5.28. The molecule has 4 rings (SSSR count). The first-order valence-electron chi connectivity index (χ1n) is 8.67. The van der Waals surface area contributed by atoms with Crippen LogP contribution in [0.25, 0.3) is 22.0 Å². The molecule has 1 amide bonds. The fourth-order valence-corrected chi connectivity index (χ4v) is 3.89. The van der Waals surface area contributed by atoms with Gasteiger partial charge in [-0.2, -0.15) is 0 Å². The molecule has 0 aliphatic heterocycles. The van der Waals surface area contributed by atoms with Gasteiger partial charge < -0.3 is 5.32 Å². The molecule has 0 saturated heterocycles. The summed E-state index contributed by atoms with van der Waals surface area (Å²) in [6, 6.07) is 23.4. The van der Waals surface area contributed by atoms with Crippen LogP contribution in [0.3, 0.4) is 0 Å². The van der Waals surface area contributed by atoms with Crippen molar-refractivity contribution in [2.24, 2.45) is 0 Å². The maximum absolute atomic E-state index is 11.2. The van der Waals surface area contributed by atoms with E-state index in [2.05, 4.69) is 27.6 Å². The lowest BCUT2D eigenvalue weighted by Crippen LogP contribution is -2.05. The highest BCUT2D eigenvalue weighted by atomic mass is 35.5. The summed E-state index contributed by atoms with van der Waals surface area (Å²) in [4.78, 5) is 12.2. The molecule has 0 radical (unpaired) electrons. The highest BCUT2D eigenvalue weighted by molar-refractivity contribution is 7.99. The van der Waals surface area contributed by atoms with E-state index < -0.39 is 0 Å². The number of carbonyl (C=O) groups excluding carboxylic acids is 1. The summed E-state index contributed by atoms with van der Waals surface area (Å²) in [5.41, 5.74) is 2.58. The van der Waals surface area contributed by atoms with Gasteiger partial charge in [0.15, 0.2) is 0 Å². The largest absolute Gasteiger partial charge is 0.326 e. The first-order chi connectivity index (χ1) is 13.6. The summed E-state index contributed by atoms with van der Waals surface area (Å²) < 4.78 is 0. The van der Waals surface area contributed by atoms with Gasteiger partial charge in [0.1, 0.15) is 10.7 Å². The number of anilines is 1. The van der Waals surface area contributed by atoms with Crippen LogP contribution >= 0.6 is 23.4 Å². The number of nitrogens with zero attached hydrogens (tertiary/aromatic N) is 2. The maximum Gasteiger partial charge on any atom is 0.221 e. The normalized spacial score (nSPS) is 10.8. The number of benzene rings is 3. The van der Waals surface area contributed by atoms with Gasteiger partial charge in [0.2, 0.25) is 5.91 Å². The van der Waals surface area contributed by atoms with Gasteiger partial charge in [-0.15, -0.1) is 10.2 Å². The van der Waals surface area contributed by atoms with Crippen LogP contribution < -0.4 is 5.32 Å².